The van der Waals surface area contributed by atoms with E-state index in [-0.39, 0.29) is 29.9 Å². The van der Waals surface area contributed by atoms with Crippen LogP contribution in [0.15, 0.2) is 72.3 Å². The number of halogens is 5. The quantitative estimate of drug-likeness (QED) is 0.176. The van der Waals surface area contributed by atoms with Crippen LogP contribution in [0.4, 0.5) is 27.6 Å². The van der Waals surface area contributed by atoms with Crippen molar-refractivity contribution in [1.29, 1.82) is 5.41 Å². The maximum absolute atomic E-state index is 12.9. The molecule has 0 bridgehead atoms. The van der Waals surface area contributed by atoms with Crippen LogP contribution in [0.3, 0.4) is 0 Å². The largest absolute Gasteiger partial charge is 0.429 e. The van der Waals surface area contributed by atoms with Gasteiger partial charge in [-0.3, -0.25) is 10.2 Å². The lowest BCUT2D eigenvalue weighted by molar-refractivity contribution is -0.137. The highest BCUT2D eigenvalue weighted by atomic mass is 19.4. The number of allylic oxidation sites excluding steroid dienone is 4. The van der Waals surface area contributed by atoms with E-state index in [0.29, 0.717) is 6.20 Å². The summed E-state index contributed by atoms with van der Waals surface area (Å²) in [7, 11) is 0. The Morgan fingerprint density at radius 1 is 1.27 bits per heavy atom. The zero-order chi connectivity index (χ0) is 24.6. The van der Waals surface area contributed by atoms with Gasteiger partial charge in [0, 0.05) is 18.4 Å². The molecule has 0 spiro atoms. The van der Waals surface area contributed by atoms with Crippen LogP contribution in [0.25, 0.3) is 0 Å². The summed E-state index contributed by atoms with van der Waals surface area (Å²) < 4.78 is 68.6. The number of nitrogens with two attached hydrogens (primary N) is 1. The fraction of sp³-hybridized carbons (Fsp3) is 0.273. The predicted molar refractivity (Wildman–Crippen MR) is 114 cm³/mol. The van der Waals surface area contributed by atoms with Gasteiger partial charge < -0.3 is 21.1 Å². The Balaban J connectivity index is 2.25. The molecule has 0 fully saturated rings. The zero-order valence-corrected chi connectivity index (χ0v) is 17.5. The Morgan fingerprint density at radius 3 is 2.58 bits per heavy atom. The lowest BCUT2D eigenvalue weighted by Crippen LogP contribution is -2.38. The number of hydrogen-bond acceptors (Lipinski definition) is 6. The molecule has 2 atom stereocenters. The fourth-order valence-electron chi connectivity index (χ4n) is 2.86. The van der Waals surface area contributed by atoms with Gasteiger partial charge in [0.15, 0.2) is 5.76 Å². The molecule has 0 aromatic heterocycles. The summed E-state index contributed by atoms with van der Waals surface area (Å²) in [5.41, 5.74) is 3.73. The number of anilines is 1. The predicted octanol–water partition coefficient (Wildman–Crippen LogP) is 4.35. The second kappa shape index (κ2) is 11.4. The van der Waals surface area contributed by atoms with E-state index < -0.39 is 35.6 Å². The summed E-state index contributed by atoms with van der Waals surface area (Å²) >= 11 is 0. The normalized spacial score (nSPS) is 18.9. The minimum absolute atomic E-state index is 0.00198. The van der Waals surface area contributed by atoms with Gasteiger partial charge in [-0.05, 0) is 30.2 Å². The van der Waals surface area contributed by atoms with Gasteiger partial charge in [-0.15, -0.1) is 0 Å². The highest BCUT2D eigenvalue weighted by Gasteiger charge is 2.30. The van der Waals surface area contributed by atoms with Gasteiger partial charge >= 0.3 is 12.8 Å². The van der Waals surface area contributed by atoms with Gasteiger partial charge in [-0.1, -0.05) is 37.3 Å². The lowest BCUT2D eigenvalue weighted by atomic mass is 9.96. The van der Waals surface area contributed by atoms with Gasteiger partial charge in [0.1, 0.15) is 5.71 Å². The van der Waals surface area contributed by atoms with Crippen molar-refractivity contribution in [2.45, 2.75) is 25.8 Å². The number of ketones is 1. The highest BCUT2D eigenvalue weighted by Crippen LogP contribution is 2.30. The Morgan fingerprint density at radius 2 is 1.97 bits per heavy atom. The first-order valence-corrected chi connectivity index (χ1v) is 9.77. The number of alkyl halides is 5. The number of hydrogen-bond donors (Lipinski definition) is 4. The third-order valence-electron chi connectivity index (χ3n) is 4.55. The second-order valence-corrected chi connectivity index (χ2v) is 6.97. The SMILES string of the molecule is CC1C=CC=CC1N/C(=C\CN)C(=N)C(=O)/C(=C\Nc1cccc(C(F)(F)F)c1)OC(F)F. The van der Waals surface area contributed by atoms with Crippen molar-refractivity contribution in [3.8, 4) is 0 Å². The van der Waals surface area contributed by atoms with E-state index in [0.717, 1.165) is 18.2 Å². The second-order valence-electron chi connectivity index (χ2n) is 6.97. The summed E-state index contributed by atoms with van der Waals surface area (Å²) in [4.78, 5) is 12.7. The number of nitrogens with one attached hydrogen (secondary N) is 3. The molecule has 0 saturated carbocycles. The molecular formula is C22H23F5N4O2. The molecule has 1 aliphatic rings. The minimum Gasteiger partial charge on any atom is -0.429 e. The number of ether oxygens (including phenoxy) is 1. The number of Topliss-reactive ketones (excluding diaryl/α,β-unsaturated/α-hetero) is 1. The van der Waals surface area contributed by atoms with Crippen molar-refractivity contribution in [3.05, 3.63) is 77.9 Å². The molecule has 0 saturated heterocycles. The topological polar surface area (TPSA) is 100 Å². The van der Waals surface area contributed by atoms with Crippen LogP contribution in [0.2, 0.25) is 0 Å². The molecule has 2 rings (SSSR count). The van der Waals surface area contributed by atoms with Gasteiger partial charge in [0.2, 0.25) is 5.78 Å². The average Bonchev–Trinajstić information content (AvgIpc) is 2.76. The van der Waals surface area contributed by atoms with E-state index in [1.54, 1.807) is 12.2 Å². The molecule has 6 nitrogen and oxygen atoms in total. The van der Waals surface area contributed by atoms with Crippen LogP contribution in [0, 0.1) is 11.3 Å². The molecule has 11 heteroatoms. The Hall–Kier alpha value is -3.47. The van der Waals surface area contributed by atoms with Gasteiger partial charge in [0.05, 0.1) is 17.3 Å². The molecule has 178 valence electrons. The molecule has 1 aromatic carbocycles. The van der Waals surface area contributed by atoms with E-state index in [1.165, 1.54) is 12.1 Å². The summed E-state index contributed by atoms with van der Waals surface area (Å²) in [5.74, 6) is -2.16. The Kier molecular flexibility index (Phi) is 8.92. The summed E-state index contributed by atoms with van der Waals surface area (Å²) in [6, 6.07) is 3.63. The van der Waals surface area contributed by atoms with Crippen LogP contribution in [0.1, 0.15) is 12.5 Å². The number of carbonyl (C=O) groups is 1. The van der Waals surface area contributed by atoms with Gasteiger partial charge in [-0.2, -0.15) is 22.0 Å². The summed E-state index contributed by atoms with van der Waals surface area (Å²) in [6.45, 7) is -1.55. The van der Waals surface area contributed by atoms with Crippen molar-refractivity contribution in [2.75, 3.05) is 11.9 Å². The molecular weight excluding hydrogens is 447 g/mol. The zero-order valence-electron chi connectivity index (χ0n) is 17.5. The molecule has 0 heterocycles. The van der Waals surface area contributed by atoms with E-state index >= 15 is 0 Å². The van der Waals surface area contributed by atoms with E-state index in [9.17, 15) is 26.7 Å². The number of benzene rings is 1. The first kappa shape index (κ1) is 25.8. The molecule has 0 aliphatic heterocycles. The first-order valence-electron chi connectivity index (χ1n) is 9.77. The van der Waals surface area contributed by atoms with Crippen molar-refractivity contribution in [3.63, 3.8) is 0 Å². The van der Waals surface area contributed by atoms with Crippen molar-refractivity contribution < 1.29 is 31.5 Å². The van der Waals surface area contributed by atoms with Gasteiger partial charge in [0.25, 0.3) is 0 Å². The molecule has 0 radical (unpaired) electrons. The smallest absolute Gasteiger partial charge is 0.416 e. The maximum atomic E-state index is 12.9. The molecule has 5 N–H and O–H groups in total. The standard InChI is InChI=1S/C22H23F5N4O2/c1-13-5-2-3-8-16(13)31-17(9-10-28)19(29)20(32)18(33-21(23)24)12-30-15-7-4-6-14(11-15)22(25,26)27/h2-9,11-13,16,21,29-31H,10,28H2,1H3/b17-9-,18-12+,29-19?. The van der Waals surface area contributed by atoms with Crippen molar-refractivity contribution in [2.24, 2.45) is 11.7 Å². The van der Waals surface area contributed by atoms with E-state index in [4.69, 9.17) is 11.1 Å². The van der Waals surface area contributed by atoms with E-state index in [2.05, 4.69) is 15.4 Å². The molecule has 1 aromatic rings. The molecule has 0 amide bonds. The maximum Gasteiger partial charge on any atom is 0.416 e. The van der Waals surface area contributed by atoms with Crippen LogP contribution in [0.5, 0.6) is 0 Å². The van der Waals surface area contributed by atoms with Gasteiger partial charge in [-0.25, -0.2) is 0 Å². The molecule has 1 aliphatic carbocycles. The monoisotopic (exact) mass is 470 g/mol. The minimum atomic E-state index is -4.62. The number of rotatable bonds is 10. The Labute approximate surface area is 187 Å². The van der Waals surface area contributed by atoms with E-state index in [1.807, 2.05) is 19.1 Å². The third-order valence-corrected chi connectivity index (χ3v) is 4.55. The number of carbonyl (C=O) groups excluding carboxylic acids is 1. The molecule has 33 heavy (non-hydrogen) atoms. The van der Waals surface area contributed by atoms with Crippen LogP contribution >= 0.6 is 0 Å². The lowest BCUT2D eigenvalue weighted by Gasteiger charge is -2.25. The summed E-state index contributed by atoms with van der Waals surface area (Å²) in [6.07, 6.45) is 4.72. The van der Waals surface area contributed by atoms with Crippen molar-refractivity contribution in [1.82, 2.24) is 5.32 Å². The fourth-order valence-corrected chi connectivity index (χ4v) is 2.86. The Bertz CT molecular complexity index is 983. The van der Waals surface area contributed by atoms with Crippen LogP contribution in [-0.4, -0.2) is 30.7 Å². The van der Waals surface area contributed by atoms with Crippen LogP contribution in [-0.2, 0) is 15.7 Å². The van der Waals surface area contributed by atoms with Crippen molar-refractivity contribution >= 4 is 17.2 Å². The average molecular weight is 470 g/mol. The highest BCUT2D eigenvalue weighted by molar-refractivity contribution is 6.49. The van der Waals surface area contributed by atoms with Crippen LogP contribution < -0.4 is 16.4 Å². The summed E-state index contributed by atoms with van der Waals surface area (Å²) in [5, 5.41) is 13.5. The first-order chi connectivity index (χ1) is 15.5. The molecule has 2 unspecified atom stereocenters. The third kappa shape index (κ3) is 7.56.